The van der Waals surface area contributed by atoms with Gasteiger partial charge in [-0.2, -0.15) is 5.10 Å². The highest BCUT2D eigenvalue weighted by atomic mass is 32.2. The van der Waals surface area contributed by atoms with E-state index in [1.807, 2.05) is 0 Å². The largest absolute Gasteiger partial charge is 0.478 e. The van der Waals surface area contributed by atoms with Crippen LogP contribution in [0.5, 0.6) is 0 Å². The summed E-state index contributed by atoms with van der Waals surface area (Å²) in [6, 6.07) is 5.59. The predicted octanol–water partition coefficient (Wildman–Crippen LogP) is 1.24. The number of nitrogens with one attached hydrogen (secondary N) is 1. The molecule has 0 aliphatic carbocycles. The summed E-state index contributed by atoms with van der Waals surface area (Å²) in [7, 11) is -2.32. The van der Waals surface area contributed by atoms with E-state index in [2.05, 4.69) is 10.2 Å². The molecular weight excluding hydrogens is 282 g/mol. The van der Waals surface area contributed by atoms with Crippen LogP contribution < -0.4 is 4.31 Å². The second-order valence-electron chi connectivity index (χ2n) is 4.18. The van der Waals surface area contributed by atoms with Crippen LogP contribution in [0.25, 0.3) is 0 Å². The van der Waals surface area contributed by atoms with Gasteiger partial charge in [-0.1, -0.05) is 0 Å². The topological polar surface area (TPSA) is 103 Å². The first-order chi connectivity index (χ1) is 9.34. The first-order valence-electron chi connectivity index (χ1n) is 5.66. The molecule has 1 heterocycles. The molecule has 0 spiro atoms. The summed E-state index contributed by atoms with van der Waals surface area (Å²) in [5.74, 6) is -1.06. The zero-order valence-electron chi connectivity index (χ0n) is 10.9. The van der Waals surface area contributed by atoms with Gasteiger partial charge in [0.1, 0.15) is 4.90 Å². The summed E-state index contributed by atoms with van der Waals surface area (Å²) < 4.78 is 25.8. The van der Waals surface area contributed by atoms with E-state index in [9.17, 15) is 13.2 Å². The Balaban J connectivity index is 2.38. The molecule has 0 bridgehead atoms. The maximum absolute atomic E-state index is 12.4. The van der Waals surface area contributed by atoms with Crippen LogP contribution in [0.1, 0.15) is 16.1 Å². The molecule has 0 amide bonds. The number of nitrogens with zero attached hydrogens (tertiary/aromatic N) is 2. The third kappa shape index (κ3) is 2.37. The lowest BCUT2D eigenvalue weighted by molar-refractivity contribution is 0.0697. The molecule has 0 fully saturated rings. The van der Waals surface area contributed by atoms with Crippen molar-refractivity contribution in [1.29, 1.82) is 0 Å². The number of sulfonamides is 1. The van der Waals surface area contributed by atoms with Gasteiger partial charge in [-0.15, -0.1) is 0 Å². The van der Waals surface area contributed by atoms with E-state index in [1.165, 1.54) is 37.5 Å². The smallest absolute Gasteiger partial charge is 0.335 e. The molecule has 2 rings (SSSR count). The Morgan fingerprint density at radius 2 is 1.90 bits per heavy atom. The summed E-state index contributed by atoms with van der Waals surface area (Å²) in [5, 5.41) is 15.1. The zero-order valence-corrected chi connectivity index (χ0v) is 11.7. The van der Waals surface area contributed by atoms with E-state index in [1.54, 1.807) is 6.92 Å². The Bertz CT molecular complexity index is 734. The van der Waals surface area contributed by atoms with Crippen LogP contribution in [0.4, 0.5) is 5.69 Å². The van der Waals surface area contributed by atoms with Gasteiger partial charge in [0.25, 0.3) is 10.0 Å². The molecule has 2 aromatic rings. The molecule has 2 N–H and O–H groups in total. The number of benzene rings is 1. The summed E-state index contributed by atoms with van der Waals surface area (Å²) in [6.07, 6.45) is 1.24. The lowest BCUT2D eigenvalue weighted by Gasteiger charge is -2.19. The van der Waals surface area contributed by atoms with E-state index < -0.39 is 16.0 Å². The van der Waals surface area contributed by atoms with Crippen molar-refractivity contribution in [1.82, 2.24) is 10.2 Å². The molecule has 0 unspecified atom stereocenters. The van der Waals surface area contributed by atoms with Crippen molar-refractivity contribution in [2.24, 2.45) is 0 Å². The molecule has 20 heavy (non-hydrogen) atoms. The molecule has 0 atom stereocenters. The maximum Gasteiger partial charge on any atom is 0.335 e. The summed E-state index contributed by atoms with van der Waals surface area (Å²) in [4.78, 5) is 10.9. The second-order valence-corrected chi connectivity index (χ2v) is 6.12. The molecule has 0 aliphatic heterocycles. The van der Waals surface area contributed by atoms with Gasteiger partial charge in [0.05, 0.1) is 23.1 Å². The van der Waals surface area contributed by atoms with E-state index in [4.69, 9.17) is 5.11 Å². The molecule has 0 radical (unpaired) electrons. The predicted molar refractivity (Wildman–Crippen MR) is 72.3 cm³/mol. The molecule has 106 valence electrons. The quantitative estimate of drug-likeness (QED) is 0.883. The van der Waals surface area contributed by atoms with E-state index >= 15 is 0 Å². The summed E-state index contributed by atoms with van der Waals surface area (Å²) in [6.45, 7) is 1.61. The second kappa shape index (κ2) is 4.97. The van der Waals surface area contributed by atoms with Crippen molar-refractivity contribution in [3.05, 3.63) is 41.7 Å². The van der Waals surface area contributed by atoms with Crippen molar-refractivity contribution < 1.29 is 18.3 Å². The fourth-order valence-electron chi connectivity index (χ4n) is 1.70. The zero-order chi connectivity index (χ0) is 14.9. The van der Waals surface area contributed by atoms with E-state index in [-0.39, 0.29) is 10.5 Å². The van der Waals surface area contributed by atoms with Crippen molar-refractivity contribution in [2.75, 3.05) is 11.4 Å². The van der Waals surface area contributed by atoms with Gasteiger partial charge in [-0.05, 0) is 31.2 Å². The van der Waals surface area contributed by atoms with Gasteiger partial charge >= 0.3 is 5.97 Å². The number of anilines is 1. The highest BCUT2D eigenvalue weighted by Gasteiger charge is 2.24. The molecule has 1 aromatic heterocycles. The van der Waals surface area contributed by atoms with Gasteiger partial charge < -0.3 is 5.11 Å². The number of hydrogen-bond acceptors (Lipinski definition) is 4. The molecule has 0 saturated heterocycles. The van der Waals surface area contributed by atoms with Crippen molar-refractivity contribution in [3.8, 4) is 0 Å². The number of hydrogen-bond donors (Lipinski definition) is 2. The molecule has 8 heteroatoms. The van der Waals surface area contributed by atoms with Gasteiger partial charge in [0.2, 0.25) is 0 Å². The van der Waals surface area contributed by atoms with Crippen LogP contribution in [0.3, 0.4) is 0 Å². The molecular formula is C12H13N3O4S. The van der Waals surface area contributed by atoms with Crippen LogP contribution in [0, 0.1) is 6.92 Å². The maximum atomic E-state index is 12.4. The first-order valence-corrected chi connectivity index (χ1v) is 7.10. The standard InChI is InChI=1S/C12H13N3O4S/c1-8-11(7-13-14-8)20(18,19)15(2)10-5-3-9(4-6-10)12(16)17/h3-7H,1-2H3,(H,13,14)(H,16,17). The van der Waals surface area contributed by atoms with Crippen LogP contribution >= 0.6 is 0 Å². The Labute approximate surface area is 115 Å². The first kappa shape index (κ1) is 14.1. The SMILES string of the molecule is Cc1[nH]ncc1S(=O)(=O)N(C)c1ccc(C(=O)O)cc1. The number of aromatic nitrogens is 2. The number of rotatable bonds is 4. The van der Waals surface area contributed by atoms with E-state index in [0.717, 1.165) is 4.31 Å². The van der Waals surface area contributed by atoms with Gasteiger partial charge in [0, 0.05) is 7.05 Å². The lowest BCUT2D eigenvalue weighted by atomic mass is 10.2. The Morgan fingerprint density at radius 1 is 1.30 bits per heavy atom. The molecule has 7 nitrogen and oxygen atoms in total. The lowest BCUT2D eigenvalue weighted by Crippen LogP contribution is -2.26. The van der Waals surface area contributed by atoms with Crippen LogP contribution in [-0.4, -0.2) is 36.7 Å². The van der Waals surface area contributed by atoms with E-state index in [0.29, 0.717) is 11.4 Å². The Hall–Kier alpha value is -2.35. The fraction of sp³-hybridized carbons (Fsp3) is 0.167. The van der Waals surface area contributed by atoms with Crippen LogP contribution in [0.2, 0.25) is 0 Å². The summed E-state index contributed by atoms with van der Waals surface area (Å²) >= 11 is 0. The van der Waals surface area contributed by atoms with Crippen LogP contribution in [-0.2, 0) is 10.0 Å². The molecule has 1 aromatic carbocycles. The number of aromatic carboxylic acids is 1. The molecule has 0 saturated carbocycles. The minimum absolute atomic E-state index is 0.0855. The highest BCUT2D eigenvalue weighted by molar-refractivity contribution is 7.92. The third-order valence-corrected chi connectivity index (χ3v) is 4.80. The van der Waals surface area contributed by atoms with Gasteiger partial charge in [0.15, 0.2) is 0 Å². The van der Waals surface area contributed by atoms with Crippen molar-refractivity contribution in [3.63, 3.8) is 0 Å². The monoisotopic (exact) mass is 295 g/mol. The summed E-state index contributed by atoms with van der Waals surface area (Å²) in [5.41, 5.74) is 0.911. The normalized spacial score (nSPS) is 11.3. The average molecular weight is 295 g/mol. The number of carbonyl (C=O) groups is 1. The number of carboxylic acids is 1. The number of aryl methyl sites for hydroxylation is 1. The molecule has 0 aliphatic rings. The number of aromatic amines is 1. The number of H-pyrrole nitrogens is 1. The van der Waals surface area contributed by atoms with Gasteiger partial charge in [-0.25, -0.2) is 13.2 Å². The minimum Gasteiger partial charge on any atom is -0.478 e. The van der Waals surface area contributed by atoms with Crippen molar-refractivity contribution >= 4 is 21.7 Å². The Kier molecular flexibility index (Phi) is 3.49. The highest BCUT2D eigenvalue weighted by Crippen LogP contribution is 2.23. The van der Waals surface area contributed by atoms with Gasteiger partial charge in [-0.3, -0.25) is 9.40 Å². The minimum atomic E-state index is -3.72. The fourth-order valence-corrected chi connectivity index (χ4v) is 3.01. The van der Waals surface area contributed by atoms with Crippen LogP contribution in [0.15, 0.2) is 35.4 Å². The average Bonchev–Trinajstić information content (AvgIpc) is 2.85. The third-order valence-electron chi connectivity index (χ3n) is 2.90. The van der Waals surface area contributed by atoms with Crippen molar-refractivity contribution in [2.45, 2.75) is 11.8 Å². The Morgan fingerprint density at radius 3 is 2.35 bits per heavy atom. The number of carboxylic acid groups (broad SMARTS) is 1.